The number of hydrogen-bond donors (Lipinski definition) is 5. The van der Waals surface area contributed by atoms with E-state index in [2.05, 4.69) is 41.1 Å². The third-order valence-electron chi connectivity index (χ3n) is 11.9. The summed E-state index contributed by atoms with van der Waals surface area (Å²) in [6, 6.07) is 19.6. The molecule has 59 heavy (non-hydrogen) atoms. The molecule has 9 rings (SSSR count). The molecule has 1 aliphatic carbocycles. The quantitative estimate of drug-likeness (QED) is 0.126. The van der Waals surface area contributed by atoms with Crippen LogP contribution >= 0.6 is 0 Å². The second-order valence-electron chi connectivity index (χ2n) is 15.6. The minimum Gasteiger partial charge on any atom is -0.370 e. The van der Waals surface area contributed by atoms with Gasteiger partial charge in [-0.3, -0.25) is 33.9 Å². The third-order valence-corrected chi connectivity index (χ3v) is 12.7. The number of aryl methyl sites for hydroxylation is 1. The van der Waals surface area contributed by atoms with E-state index < -0.39 is 32.9 Å². The summed E-state index contributed by atoms with van der Waals surface area (Å²) >= 11 is 0. The molecule has 0 bridgehead atoms. The number of rotatable bonds is 10. The Labute approximate surface area is 337 Å². The van der Waals surface area contributed by atoms with Gasteiger partial charge in [-0.05, 0) is 85.5 Å². The van der Waals surface area contributed by atoms with Crippen LogP contribution in [0, 0.1) is 5.41 Å². The molecule has 19 heteroatoms. The highest BCUT2D eigenvalue weighted by Gasteiger charge is 2.46. The van der Waals surface area contributed by atoms with Crippen LogP contribution in [0.3, 0.4) is 0 Å². The molecular weight excluding hydrogens is 777 g/mol. The molecule has 304 valence electrons. The average molecular weight is 819 g/mol. The van der Waals surface area contributed by atoms with E-state index in [0.717, 1.165) is 55.5 Å². The molecule has 18 nitrogen and oxygen atoms in total. The smallest absolute Gasteiger partial charge is 0.329 e. The number of nitrogens with one attached hydrogen (secondary N) is 4. The Morgan fingerprint density at radius 1 is 1.00 bits per heavy atom. The van der Waals surface area contributed by atoms with Crippen LogP contribution in [0.5, 0.6) is 0 Å². The number of carbonyl (C=O) groups is 3. The summed E-state index contributed by atoms with van der Waals surface area (Å²) in [6.07, 6.45) is 7.65. The van der Waals surface area contributed by atoms with E-state index in [1.807, 2.05) is 42.5 Å². The van der Waals surface area contributed by atoms with Crippen LogP contribution in [0.1, 0.15) is 60.6 Å². The lowest BCUT2D eigenvalue weighted by atomic mass is 9.60. The number of pyridine rings is 1. The topological polar surface area (TPSA) is 237 Å². The molecular formula is C40H42N12O6S. The zero-order chi connectivity index (χ0) is 41.1. The van der Waals surface area contributed by atoms with E-state index in [-0.39, 0.29) is 34.8 Å². The Balaban J connectivity index is 0.806. The lowest BCUT2D eigenvalue weighted by Gasteiger charge is -2.53. The van der Waals surface area contributed by atoms with E-state index in [0.29, 0.717) is 41.6 Å². The molecule has 1 saturated carbocycles. The largest absolute Gasteiger partial charge is 0.370 e. The Hall–Kier alpha value is -6.44. The number of imide groups is 1. The van der Waals surface area contributed by atoms with Crippen LogP contribution in [-0.4, -0.2) is 79.4 Å². The third kappa shape index (κ3) is 7.21. The van der Waals surface area contributed by atoms with Crippen LogP contribution in [0.25, 0.3) is 28.1 Å². The molecule has 0 radical (unpaired) electrons. The second kappa shape index (κ2) is 14.7. The minimum absolute atomic E-state index is 0.0633. The number of benzene rings is 2. The van der Waals surface area contributed by atoms with Gasteiger partial charge < -0.3 is 15.5 Å². The maximum absolute atomic E-state index is 13.4. The second-order valence-corrected chi connectivity index (χ2v) is 17.1. The summed E-state index contributed by atoms with van der Waals surface area (Å²) < 4.78 is 29.5. The van der Waals surface area contributed by atoms with E-state index >= 15 is 0 Å². The maximum Gasteiger partial charge on any atom is 0.329 e. The lowest BCUT2D eigenvalue weighted by Crippen LogP contribution is -2.53. The molecule has 6 heterocycles. The van der Waals surface area contributed by atoms with Gasteiger partial charge in [-0.1, -0.05) is 24.3 Å². The molecule has 6 N–H and O–H groups in total. The van der Waals surface area contributed by atoms with Crippen molar-refractivity contribution >= 4 is 50.2 Å². The van der Waals surface area contributed by atoms with Crippen LogP contribution in [0.2, 0.25) is 0 Å². The molecule has 2 aromatic carbocycles. The fourth-order valence-corrected chi connectivity index (χ4v) is 9.39. The standard InChI is InChI=1S/C40H42N12O6S/c1-49-35-31(6-3-7-32(35)52(39(49)56)33-12-13-34(53)46-37(33)55)50-18-15-40(16-19-50)20-25(21-40)42-22-24-8-10-26(11-9-24)51-23-30(38(48-51)59(41,57)58)45-36(54)29-5-2-4-27(44-29)28-14-17-43-47-28/h2-11,14,17,23,25,33,42H,12-13,15-16,18-22H2,1H3,(H,43,47)(H,45,54)(H2,41,57,58)(H,46,53,55). The number of H-pyrrole nitrogens is 1. The number of piperidine rings is 2. The van der Waals surface area contributed by atoms with Gasteiger partial charge in [0.1, 0.15) is 17.4 Å². The summed E-state index contributed by atoms with van der Waals surface area (Å²) in [5.41, 5.74) is 5.17. The molecule has 4 aromatic heterocycles. The molecule has 1 spiro atoms. The predicted molar refractivity (Wildman–Crippen MR) is 217 cm³/mol. The molecule has 3 amide bonds. The van der Waals surface area contributed by atoms with Gasteiger partial charge in [0.15, 0.2) is 0 Å². The molecule has 1 atom stereocenters. The van der Waals surface area contributed by atoms with Crippen molar-refractivity contribution in [2.24, 2.45) is 17.6 Å². The summed E-state index contributed by atoms with van der Waals surface area (Å²) in [4.78, 5) is 57.8. The first kappa shape index (κ1) is 38.1. The average Bonchev–Trinajstić information content (AvgIpc) is 3.97. The number of anilines is 2. The highest BCUT2D eigenvalue weighted by molar-refractivity contribution is 7.89. The first-order valence-corrected chi connectivity index (χ1v) is 20.9. The van der Waals surface area contributed by atoms with Gasteiger partial charge in [0.2, 0.25) is 16.8 Å². The van der Waals surface area contributed by atoms with Crippen LogP contribution in [0.15, 0.2) is 88.9 Å². The van der Waals surface area contributed by atoms with Gasteiger partial charge in [0, 0.05) is 45.3 Å². The van der Waals surface area contributed by atoms with Gasteiger partial charge in [-0.2, -0.15) is 10.2 Å². The molecule has 2 saturated heterocycles. The number of sulfonamides is 1. The fraction of sp³-hybridized carbons (Fsp3) is 0.325. The van der Waals surface area contributed by atoms with Gasteiger partial charge in [-0.15, -0.1) is 0 Å². The van der Waals surface area contributed by atoms with Gasteiger partial charge in [0.25, 0.3) is 15.9 Å². The number of imidazole rings is 1. The minimum atomic E-state index is -4.29. The van der Waals surface area contributed by atoms with E-state index in [4.69, 9.17) is 5.14 Å². The Bertz CT molecular complexity index is 2780. The normalized spacial score (nSPS) is 18.3. The molecule has 2 aliphatic heterocycles. The summed E-state index contributed by atoms with van der Waals surface area (Å²) in [5.74, 6) is -1.39. The maximum atomic E-state index is 13.4. The van der Waals surface area contributed by atoms with Crippen LogP contribution in [0.4, 0.5) is 11.4 Å². The Morgan fingerprint density at radius 2 is 1.76 bits per heavy atom. The number of primary sulfonamides is 1. The number of para-hydroxylation sites is 1. The van der Waals surface area contributed by atoms with Gasteiger partial charge in [0.05, 0.1) is 40.0 Å². The molecule has 6 aromatic rings. The number of carbonyl (C=O) groups excluding carboxylic acids is 3. The number of nitrogens with zero attached hydrogens (tertiary/aromatic N) is 7. The SMILES string of the molecule is Cn1c(=O)n(C2CCC(=O)NC2=O)c2cccc(N3CCC4(CC3)CC(NCc3ccc(-n5cc(NC(=O)c6cccc(-c7ccn[nH]7)n6)c(S(N)(=O)=O)n5)cc3)C4)c21. The molecule has 1 unspecified atom stereocenters. The zero-order valence-electron chi connectivity index (χ0n) is 32.1. The number of aromatic amines is 1. The number of nitrogens with two attached hydrogens (primary N) is 1. The number of fused-ring (bicyclic) bond motifs is 1. The first-order chi connectivity index (χ1) is 28.4. The van der Waals surface area contributed by atoms with Crippen molar-refractivity contribution in [1.29, 1.82) is 0 Å². The van der Waals surface area contributed by atoms with Gasteiger partial charge >= 0.3 is 5.69 Å². The highest BCUT2D eigenvalue weighted by Crippen LogP contribution is 2.50. The van der Waals surface area contributed by atoms with Crippen molar-refractivity contribution in [2.45, 2.75) is 62.2 Å². The predicted octanol–water partition coefficient (Wildman–Crippen LogP) is 2.73. The van der Waals surface area contributed by atoms with E-state index in [1.165, 1.54) is 21.5 Å². The molecule has 3 aliphatic rings. The Morgan fingerprint density at radius 3 is 2.47 bits per heavy atom. The summed E-state index contributed by atoms with van der Waals surface area (Å²) in [5, 5.41) is 24.6. The van der Waals surface area contributed by atoms with Crippen molar-refractivity contribution in [2.75, 3.05) is 23.3 Å². The van der Waals surface area contributed by atoms with Crippen molar-refractivity contribution in [3.63, 3.8) is 0 Å². The van der Waals surface area contributed by atoms with Crippen LogP contribution < -0.4 is 31.7 Å². The summed E-state index contributed by atoms with van der Waals surface area (Å²) in [7, 11) is -2.55. The first-order valence-electron chi connectivity index (χ1n) is 19.4. The van der Waals surface area contributed by atoms with Crippen molar-refractivity contribution in [1.82, 2.24) is 44.7 Å². The molecule has 3 fully saturated rings. The highest BCUT2D eigenvalue weighted by atomic mass is 32.2. The van der Waals surface area contributed by atoms with E-state index in [1.54, 1.807) is 36.0 Å². The summed E-state index contributed by atoms with van der Waals surface area (Å²) in [6.45, 7) is 2.36. The van der Waals surface area contributed by atoms with Crippen molar-refractivity contribution in [3.8, 4) is 17.1 Å². The monoisotopic (exact) mass is 818 g/mol. The van der Waals surface area contributed by atoms with Gasteiger partial charge in [-0.25, -0.2) is 28.0 Å². The van der Waals surface area contributed by atoms with Crippen molar-refractivity contribution < 1.29 is 22.8 Å². The zero-order valence-corrected chi connectivity index (χ0v) is 32.9. The number of amides is 3. The van der Waals surface area contributed by atoms with Crippen molar-refractivity contribution in [3.05, 3.63) is 101 Å². The number of aromatic nitrogens is 7. The van der Waals surface area contributed by atoms with E-state index in [9.17, 15) is 27.6 Å². The lowest BCUT2D eigenvalue weighted by molar-refractivity contribution is -0.135. The fourth-order valence-electron chi connectivity index (χ4n) is 8.77. The number of hydrogen-bond acceptors (Lipinski definition) is 11. The Kier molecular flexibility index (Phi) is 9.52. The van der Waals surface area contributed by atoms with Crippen LogP contribution in [-0.2, 0) is 33.2 Å².